The van der Waals surface area contributed by atoms with E-state index in [9.17, 15) is 4.79 Å². The maximum Gasteiger partial charge on any atom is 0.228 e. The molecular weight excluding hydrogens is 296 g/mol. The van der Waals surface area contributed by atoms with Crippen molar-refractivity contribution in [2.24, 2.45) is 5.92 Å². The Balaban J connectivity index is 1.70. The van der Waals surface area contributed by atoms with E-state index in [0.717, 1.165) is 40.3 Å². The second kappa shape index (κ2) is 5.21. The van der Waals surface area contributed by atoms with Crippen LogP contribution in [0.15, 0.2) is 30.3 Å². The summed E-state index contributed by atoms with van der Waals surface area (Å²) in [6.07, 6.45) is 3.12. The Morgan fingerprint density at radius 3 is 2.91 bits per heavy atom. The van der Waals surface area contributed by atoms with Gasteiger partial charge in [0.25, 0.3) is 0 Å². The van der Waals surface area contributed by atoms with E-state index in [1.807, 2.05) is 37.3 Å². The van der Waals surface area contributed by atoms with E-state index in [1.165, 1.54) is 0 Å². The zero-order valence-corrected chi connectivity index (χ0v) is 13.1. The van der Waals surface area contributed by atoms with Gasteiger partial charge in [0.05, 0.1) is 15.9 Å². The smallest absolute Gasteiger partial charge is 0.228 e. The monoisotopic (exact) mass is 312 g/mol. The fourth-order valence-corrected chi connectivity index (χ4v) is 3.51. The Bertz CT molecular complexity index is 814. The number of hydrogen-bond donors (Lipinski definition) is 1. The van der Waals surface area contributed by atoms with Gasteiger partial charge < -0.3 is 5.32 Å². The molecule has 2 heterocycles. The molecule has 0 unspecified atom stereocenters. The third kappa shape index (κ3) is 2.29. The molecule has 1 N–H and O–H groups in total. The number of benzene rings is 1. The van der Waals surface area contributed by atoms with E-state index in [-0.39, 0.29) is 11.8 Å². The van der Waals surface area contributed by atoms with Gasteiger partial charge in [-0.2, -0.15) is 9.78 Å². The summed E-state index contributed by atoms with van der Waals surface area (Å²) in [6, 6.07) is 9.89. The zero-order valence-electron chi connectivity index (χ0n) is 12.2. The van der Waals surface area contributed by atoms with Crippen LogP contribution in [0.25, 0.3) is 15.3 Å². The van der Waals surface area contributed by atoms with Crippen LogP contribution >= 0.6 is 11.3 Å². The lowest BCUT2D eigenvalue weighted by Crippen LogP contribution is -2.28. The molecule has 4 rings (SSSR count). The average molecular weight is 312 g/mol. The number of aryl methyl sites for hydroxylation is 1. The van der Waals surface area contributed by atoms with Gasteiger partial charge in [0.1, 0.15) is 5.82 Å². The van der Waals surface area contributed by atoms with Crippen molar-refractivity contribution < 1.29 is 4.79 Å². The topological polar surface area (TPSA) is 59.8 Å². The van der Waals surface area contributed by atoms with Crippen molar-refractivity contribution in [3.63, 3.8) is 0 Å². The minimum Gasteiger partial charge on any atom is -0.310 e. The van der Waals surface area contributed by atoms with Crippen molar-refractivity contribution in [3.8, 4) is 5.13 Å². The largest absolute Gasteiger partial charge is 0.310 e. The summed E-state index contributed by atoms with van der Waals surface area (Å²) >= 11 is 1.57. The first-order chi connectivity index (χ1) is 10.7. The average Bonchev–Trinajstić information content (AvgIpc) is 2.99. The number of rotatable bonds is 3. The van der Waals surface area contributed by atoms with Crippen LogP contribution in [0.5, 0.6) is 0 Å². The molecule has 1 aromatic carbocycles. The Morgan fingerprint density at radius 2 is 2.18 bits per heavy atom. The number of thiazole rings is 1. The normalized spacial score (nSPS) is 15.0. The third-order valence-electron chi connectivity index (χ3n) is 4.02. The summed E-state index contributed by atoms with van der Waals surface area (Å²) in [5.74, 6) is 0.945. The minimum atomic E-state index is 0.0912. The van der Waals surface area contributed by atoms with Crippen LogP contribution in [0.4, 0.5) is 5.82 Å². The number of carbonyl (C=O) groups is 1. The van der Waals surface area contributed by atoms with E-state index in [4.69, 9.17) is 0 Å². The molecule has 5 nitrogen and oxygen atoms in total. The van der Waals surface area contributed by atoms with E-state index in [2.05, 4.69) is 15.4 Å². The van der Waals surface area contributed by atoms with Crippen molar-refractivity contribution in [3.05, 3.63) is 36.0 Å². The third-order valence-corrected chi connectivity index (χ3v) is 5.03. The molecule has 0 saturated heterocycles. The van der Waals surface area contributed by atoms with Gasteiger partial charge >= 0.3 is 0 Å². The van der Waals surface area contributed by atoms with Crippen LogP contribution in [0.1, 0.15) is 25.0 Å². The highest BCUT2D eigenvalue weighted by molar-refractivity contribution is 7.20. The van der Waals surface area contributed by atoms with Gasteiger partial charge in [0, 0.05) is 12.0 Å². The van der Waals surface area contributed by atoms with Crippen molar-refractivity contribution in [2.45, 2.75) is 26.2 Å². The summed E-state index contributed by atoms with van der Waals surface area (Å²) in [7, 11) is 0. The fourth-order valence-electron chi connectivity index (χ4n) is 2.58. The quantitative estimate of drug-likeness (QED) is 0.805. The van der Waals surface area contributed by atoms with Gasteiger partial charge in [-0.05, 0) is 31.9 Å². The molecule has 3 aromatic rings. The molecule has 0 atom stereocenters. The highest BCUT2D eigenvalue weighted by atomic mass is 32.1. The van der Waals surface area contributed by atoms with E-state index in [1.54, 1.807) is 16.0 Å². The lowest BCUT2D eigenvalue weighted by Gasteiger charge is -2.23. The van der Waals surface area contributed by atoms with Gasteiger partial charge in [-0.15, -0.1) is 0 Å². The van der Waals surface area contributed by atoms with Gasteiger partial charge in [-0.3, -0.25) is 4.79 Å². The summed E-state index contributed by atoms with van der Waals surface area (Å²) in [5.41, 5.74) is 1.81. The lowest BCUT2D eigenvalue weighted by molar-refractivity contribution is -0.122. The van der Waals surface area contributed by atoms with Crippen LogP contribution in [0.3, 0.4) is 0 Å². The van der Waals surface area contributed by atoms with Gasteiger partial charge in [0.2, 0.25) is 11.0 Å². The number of hydrogen-bond acceptors (Lipinski definition) is 4. The molecule has 0 radical (unpaired) electrons. The van der Waals surface area contributed by atoms with Gasteiger partial charge in [-0.25, -0.2) is 4.98 Å². The summed E-state index contributed by atoms with van der Waals surface area (Å²) in [4.78, 5) is 16.8. The van der Waals surface area contributed by atoms with Crippen molar-refractivity contribution in [1.29, 1.82) is 0 Å². The Kier molecular flexibility index (Phi) is 3.18. The second-order valence-corrected chi connectivity index (χ2v) is 6.67. The van der Waals surface area contributed by atoms with Crippen molar-refractivity contribution in [2.75, 3.05) is 5.32 Å². The lowest BCUT2D eigenvalue weighted by atomic mass is 9.85. The number of nitrogens with zero attached hydrogens (tertiary/aromatic N) is 3. The number of amides is 1. The summed E-state index contributed by atoms with van der Waals surface area (Å²) in [6.45, 7) is 1.92. The van der Waals surface area contributed by atoms with Crippen LogP contribution in [0, 0.1) is 12.8 Å². The fraction of sp³-hybridized carbons (Fsp3) is 0.312. The number of aromatic nitrogens is 3. The Morgan fingerprint density at radius 1 is 1.36 bits per heavy atom. The van der Waals surface area contributed by atoms with Crippen LogP contribution in [-0.2, 0) is 4.79 Å². The van der Waals surface area contributed by atoms with E-state index < -0.39 is 0 Å². The number of carbonyl (C=O) groups excluding carboxylic acids is 1. The highest BCUT2D eigenvalue weighted by Gasteiger charge is 2.26. The van der Waals surface area contributed by atoms with Gasteiger partial charge in [0.15, 0.2) is 0 Å². The number of nitrogens with one attached hydrogen (secondary N) is 1. The first-order valence-corrected chi connectivity index (χ1v) is 8.26. The predicted molar refractivity (Wildman–Crippen MR) is 87.4 cm³/mol. The molecule has 1 aliphatic carbocycles. The molecule has 2 aromatic heterocycles. The van der Waals surface area contributed by atoms with Crippen molar-refractivity contribution in [1.82, 2.24) is 14.8 Å². The summed E-state index contributed by atoms with van der Waals surface area (Å²) in [5, 5.41) is 8.26. The Labute approximate surface area is 132 Å². The highest BCUT2D eigenvalue weighted by Crippen LogP contribution is 2.30. The van der Waals surface area contributed by atoms with Crippen LogP contribution < -0.4 is 5.32 Å². The molecule has 112 valence electrons. The van der Waals surface area contributed by atoms with Gasteiger partial charge in [-0.1, -0.05) is 29.9 Å². The van der Waals surface area contributed by atoms with Crippen LogP contribution in [-0.4, -0.2) is 20.7 Å². The van der Waals surface area contributed by atoms with Crippen LogP contribution in [0.2, 0.25) is 0 Å². The number of anilines is 1. The maximum absolute atomic E-state index is 12.2. The zero-order chi connectivity index (χ0) is 15.1. The standard InChI is InChI=1S/C16H16N4OS/c1-10-9-14(18-15(21)11-5-4-6-11)20(19-10)16-17-12-7-2-3-8-13(12)22-16/h2-3,7-9,11H,4-6H2,1H3,(H,18,21). The number of para-hydroxylation sites is 1. The van der Waals surface area contributed by atoms with Crippen molar-refractivity contribution >= 4 is 33.3 Å². The molecular formula is C16H16N4OS. The van der Waals surface area contributed by atoms with E-state index in [0.29, 0.717) is 5.82 Å². The second-order valence-electron chi connectivity index (χ2n) is 5.66. The first-order valence-electron chi connectivity index (χ1n) is 7.44. The molecule has 0 aliphatic heterocycles. The first kappa shape index (κ1) is 13.5. The molecule has 1 amide bonds. The molecule has 1 fully saturated rings. The predicted octanol–water partition coefficient (Wildman–Crippen LogP) is 3.53. The molecule has 1 saturated carbocycles. The van der Waals surface area contributed by atoms with E-state index >= 15 is 0 Å². The molecule has 1 aliphatic rings. The Hall–Kier alpha value is -2.21. The maximum atomic E-state index is 12.2. The SMILES string of the molecule is Cc1cc(NC(=O)C2CCC2)n(-c2nc3ccccc3s2)n1. The molecule has 0 spiro atoms. The minimum absolute atomic E-state index is 0.0912. The molecule has 22 heavy (non-hydrogen) atoms. The molecule has 6 heteroatoms. The molecule has 0 bridgehead atoms. The number of fused-ring (bicyclic) bond motifs is 1. The summed E-state index contributed by atoms with van der Waals surface area (Å²) < 4.78 is 2.85.